The largest absolute Gasteiger partial charge is 0.493 e. The monoisotopic (exact) mass is 352 g/mol. The van der Waals surface area contributed by atoms with E-state index >= 15 is 0 Å². The molecule has 1 aromatic carbocycles. The lowest BCUT2D eigenvalue weighted by atomic mass is 10.2. The topological polar surface area (TPSA) is 54.0 Å². The fourth-order valence-corrected chi connectivity index (χ4v) is 2.22. The third-order valence-electron chi connectivity index (χ3n) is 2.17. The molecule has 0 spiro atoms. The third kappa shape index (κ3) is 2.56. The van der Waals surface area contributed by atoms with Crippen molar-refractivity contribution in [1.82, 2.24) is 0 Å². The Labute approximate surface area is 113 Å². The Morgan fingerprint density at radius 1 is 1.06 bits per heavy atom. The number of hydrogen-bond acceptors (Lipinski definition) is 5. The number of carbonyl (C=O) groups is 1. The van der Waals surface area contributed by atoms with Crippen LogP contribution in [0.1, 0.15) is 10.4 Å². The number of esters is 1. The van der Waals surface area contributed by atoms with E-state index in [4.69, 9.17) is 18.9 Å². The summed E-state index contributed by atoms with van der Waals surface area (Å²) < 4.78 is 20.9. The molecule has 5 nitrogen and oxygen atoms in total. The van der Waals surface area contributed by atoms with E-state index in [9.17, 15) is 4.79 Å². The Bertz CT molecular complexity index is 430. The molecule has 0 bridgehead atoms. The first-order valence-corrected chi connectivity index (χ1v) is 5.75. The second-order valence-corrected chi connectivity index (χ2v) is 4.08. The van der Waals surface area contributed by atoms with Crippen molar-refractivity contribution < 1.29 is 23.7 Å². The normalized spacial score (nSPS) is 9.71. The van der Waals surface area contributed by atoms with Crippen LogP contribution in [-0.4, -0.2) is 34.4 Å². The minimum atomic E-state index is -0.450. The average Bonchev–Trinajstić information content (AvgIpc) is 2.36. The molecular formula is C11H13IO5. The zero-order valence-corrected chi connectivity index (χ0v) is 12.2. The van der Waals surface area contributed by atoms with E-state index in [1.165, 1.54) is 28.4 Å². The predicted octanol–water partition coefficient (Wildman–Crippen LogP) is 2.10. The molecule has 94 valence electrons. The molecule has 1 aromatic rings. The van der Waals surface area contributed by atoms with Gasteiger partial charge in [0.05, 0.1) is 37.6 Å². The summed E-state index contributed by atoms with van der Waals surface area (Å²) in [4.78, 5) is 11.6. The Hall–Kier alpha value is -1.18. The fourth-order valence-electron chi connectivity index (χ4n) is 1.38. The smallest absolute Gasteiger partial charge is 0.339 e. The van der Waals surface area contributed by atoms with Crippen molar-refractivity contribution in [3.8, 4) is 17.2 Å². The van der Waals surface area contributed by atoms with Gasteiger partial charge >= 0.3 is 5.97 Å². The minimum absolute atomic E-state index is 0.377. The van der Waals surface area contributed by atoms with Gasteiger partial charge in [-0.3, -0.25) is 0 Å². The third-order valence-corrected chi connectivity index (χ3v) is 3.25. The first-order chi connectivity index (χ1) is 8.10. The van der Waals surface area contributed by atoms with Gasteiger partial charge in [0.1, 0.15) is 0 Å². The van der Waals surface area contributed by atoms with Gasteiger partial charge in [-0.2, -0.15) is 0 Å². The molecule has 0 amide bonds. The molecule has 0 saturated carbocycles. The summed E-state index contributed by atoms with van der Waals surface area (Å²) in [6.45, 7) is 0. The van der Waals surface area contributed by atoms with Gasteiger partial charge in [-0.05, 0) is 28.7 Å². The van der Waals surface area contributed by atoms with Crippen molar-refractivity contribution in [3.63, 3.8) is 0 Å². The lowest BCUT2D eigenvalue weighted by molar-refractivity contribution is 0.0598. The molecule has 0 aromatic heterocycles. The van der Waals surface area contributed by atoms with E-state index < -0.39 is 5.97 Å². The van der Waals surface area contributed by atoms with Crippen LogP contribution in [-0.2, 0) is 4.74 Å². The highest BCUT2D eigenvalue weighted by molar-refractivity contribution is 14.1. The summed E-state index contributed by atoms with van der Waals surface area (Å²) in [5, 5.41) is 0. The second-order valence-electron chi connectivity index (χ2n) is 3.00. The molecule has 0 fully saturated rings. The first kappa shape index (κ1) is 13.9. The summed E-state index contributed by atoms with van der Waals surface area (Å²) in [5.74, 6) is 0.874. The molecule has 0 heterocycles. The summed E-state index contributed by atoms with van der Waals surface area (Å²) >= 11 is 2.00. The number of halogens is 1. The van der Waals surface area contributed by atoms with Crippen LogP contribution in [0.2, 0.25) is 0 Å². The van der Waals surface area contributed by atoms with Gasteiger partial charge in [-0.15, -0.1) is 0 Å². The minimum Gasteiger partial charge on any atom is -0.493 e. The van der Waals surface area contributed by atoms with Crippen molar-refractivity contribution in [2.45, 2.75) is 0 Å². The Morgan fingerprint density at radius 3 is 2.06 bits per heavy atom. The average molecular weight is 352 g/mol. The molecule has 0 aliphatic heterocycles. The number of carbonyl (C=O) groups excluding carboxylic acids is 1. The molecule has 0 aliphatic rings. The van der Waals surface area contributed by atoms with Gasteiger partial charge in [0, 0.05) is 0 Å². The van der Waals surface area contributed by atoms with Crippen molar-refractivity contribution >= 4 is 28.6 Å². The number of methoxy groups -OCH3 is 4. The predicted molar refractivity (Wildman–Crippen MR) is 70.2 cm³/mol. The first-order valence-electron chi connectivity index (χ1n) is 4.67. The number of benzene rings is 1. The Balaban J connectivity index is 3.50. The van der Waals surface area contributed by atoms with E-state index in [1.807, 2.05) is 22.6 Å². The zero-order chi connectivity index (χ0) is 13.0. The van der Waals surface area contributed by atoms with Crippen LogP contribution in [0.4, 0.5) is 0 Å². The second kappa shape index (κ2) is 5.95. The lowest BCUT2D eigenvalue weighted by Gasteiger charge is -2.15. The maximum absolute atomic E-state index is 11.6. The van der Waals surface area contributed by atoms with Crippen molar-refractivity contribution in [2.24, 2.45) is 0 Å². The van der Waals surface area contributed by atoms with E-state index in [0.29, 0.717) is 26.4 Å². The van der Waals surface area contributed by atoms with Gasteiger partial charge in [0.25, 0.3) is 0 Å². The molecule has 0 saturated heterocycles. The standard InChI is InChI=1S/C11H13IO5/c1-14-7-5-6(11(13)17-4)8(12)10(16-3)9(7)15-2/h5H,1-4H3. The highest BCUT2D eigenvalue weighted by atomic mass is 127. The summed E-state index contributed by atoms with van der Waals surface area (Å²) in [6.07, 6.45) is 0. The molecular weight excluding hydrogens is 339 g/mol. The maximum atomic E-state index is 11.6. The Morgan fingerprint density at radius 2 is 1.65 bits per heavy atom. The van der Waals surface area contributed by atoms with E-state index in [1.54, 1.807) is 6.07 Å². The van der Waals surface area contributed by atoms with Crippen LogP contribution < -0.4 is 14.2 Å². The zero-order valence-electron chi connectivity index (χ0n) is 10.00. The molecule has 0 atom stereocenters. The van der Waals surface area contributed by atoms with Crippen LogP contribution >= 0.6 is 22.6 Å². The van der Waals surface area contributed by atoms with E-state index in [0.717, 1.165) is 0 Å². The van der Waals surface area contributed by atoms with Gasteiger partial charge in [0.15, 0.2) is 11.5 Å². The summed E-state index contributed by atoms with van der Waals surface area (Å²) in [6, 6.07) is 1.56. The highest BCUT2D eigenvalue weighted by Crippen LogP contribution is 2.42. The quantitative estimate of drug-likeness (QED) is 0.614. The summed E-state index contributed by atoms with van der Waals surface area (Å²) in [7, 11) is 5.82. The number of hydrogen-bond donors (Lipinski definition) is 0. The molecule has 0 N–H and O–H groups in total. The van der Waals surface area contributed by atoms with Crippen LogP contribution in [0, 0.1) is 3.57 Å². The van der Waals surface area contributed by atoms with Crippen molar-refractivity contribution in [1.29, 1.82) is 0 Å². The maximum Gasteiger partial charge on any atom is 0.339 e. The molecule has 6 heteroatoms. The highest BCUT2D eigenvalue weighted by Gasteiger charge is 2.22. The lowest BCUT2D eigenvalue weighted by Crippen LogP contribution is -2.07. The molecule has 17 heavy (non-hydrogen) atoms. The Kier molecular flexibility index (Phi) is 4.86. The van der Waals surface area contributed by atoms with Crippen LogP contribution in [0.5, 0.6) is 17.2 Å². The fraction of sp³-hybridized carbons (Fsp3) is 0.364. The van der Waals surface area contributed by atoms with Gasteiger partial charge in [0.2, 0.25) is 5.75 Å². The molecule has 0 aliphatic carbocycles. The van der Waals surface area contributed by atoms with E-state index in [2.05, 4.69) is 0 Å². The number of rotatable bonds is 4. The molecule has 0 radical (unpaired) electrons. The van der Waals surface area contributed by atoms with Crippen LogP contribution in [0.15, 0.2) is 6.07 Å². The van der Waals surface area contributed by atoms with Crippen molar-refractivity contribution in [3.05, 3.63) is 15.2 Å². The van der Waals surface area contributed by atoms with Crippen LogP contribution in [0.25, 0.3) is 0 Å². The van der Waals surface area contributed by atoms with Crippen LogP contribution in [0.3, 0.4) is 0 Å². The summed E-state index contributed by atoms with van der Waals surface area (Å²) in [5.41, 5.74) is 0.377. The van der Waals surface area contributed by atoms with Gasteiger partial charge < -0.3 is 18.9 Å². The van der Waals surface area contributed by atoms with E-state index in [-0.39, 0.29) is 0 Å². The van der Waals surface area contributed by atoms with Gasteiger partial charge in [-0.1, -0.05) is 0 Å². The molecule has 1 rings (SSSR count). The van der Waals surface area contributed by atoms with Gasteiger partial charge in [-0.25, -0.2) is 4.79 Å². The molecule has 0 unspecified atom stereocenters. The van der Waals surface area contributed by atoms with Crippen molar-refractivity contribution in [2.75, 3.05) is 28.4 Å². The number of ether oxygens (including phenoxy) is 4. The SMILES string of the molecule is COC(=O)c1cc(OC)c(OC)c(OC)c1I.